The first-order chi connectivity index (χ1) is 8.43. The minimum atomic E-state index is 0.735. The molecule has 4 heteroatoms. The van der Waals surface area contributed by atoms with Crippen LogP contribution in [0.15, 0.2) is 30.6 Å². The van der Waals surface area contributed by atoms with E-state index in [0.717, 1.165) is 24.8 Å². The quantitative estimate of drug-likeness (QED) is 0.822. The molecule has 2 N–H and O–H groups in total. The molecule has 0 bridgehead atoms. The lowest BCUT2D eigenvalue weighted by Crippen LogP contribution is -2.14. The first-order valence-electron chi connectivity index (χ1n) is 6.06. The molecule has 1 aromatic carbocycles. The van der Waals surface area contributed by atoms with Crippen molar-refractivity contribution in [2.24, 2.45) is 0 Å². The molecule has 2 aromatic rings. The van der Waals surface area contributed by atoms with E-state index in [9.17, 15) is 0 Å². The van der Waals surface area contributed by atoms with Crippen LogP contribution in [0.25, 0.3) is 0 Å². The zero-order chi connectivity index (χ0) is 11.5. The van der Waals surface area contributed by atoms with Gasteiger partial charge in [0.05, 0.1) is 6.54 Å². The SMILES string of the molecule is c1ccc(C2CC2)c(CNCc2ncn[nH]2)c1. The van der Waals surface area contributed by atoms with E-state index in [2.05, 4.69) is 44.8 Å². The van der Waals surface area contributed by atoms with Gasteiger partial charge in [0.15, 0.2) is 0 Å². The van der Waals surface area contributed by atoms with Crippen LogP contribution in [0.2, 0.25) is 0 Å². The van der Waals surface area contributed by atoms with Crippen molar-refractivity contribution in [3.8, 4) is 0 Å². The van der Waals surface area contributed by atoms with Crippen LogP contribution < -0.4 is 5.32 Å². The lowest BCUT2D eigenvalue weighted by Gasteiger charge is -2.08. The standard InChI is InChI=1S/C13H16N4/c1-2-4-12(10-5-6-10)11(3-1)7-14-8-13-15-9-16-17-13/h1-4,9-10,14H,5-8H2,(H,15,16,17). The van der Waals surface area contributed by atoms with Crippen molar-refractivity contribution < 1.29 is 0 Å². The third-order valence-electron chi connectivity index (χ3n) is 3.15. The Balaban J connectivity index is 1.61. The van der Waals surface area contributed by atoms with E-state index in [1.807, 2.05) is 0 Å². The molecule has 17 heavy (non-hydrogen) atoms. The van der Waals surface area contributed by atoms with Crippen molar-refractivity contribution >= 4 is 0 Å². The second-order valence-electron chi connectivity index (χ2n) is 4.51. The molecule has 1 saturated carbocycles. The van der Waals surface area contributed by atoms with Crippen LogP contribution in [0.5, 0.6) is 0 Å². The van der Waals surface area contributed by atoms with Crippen LogP contribution >= 0.6 is 0 Å². The van der Waals surface area contributed by atoms with Crippen LogP contribution in [0, 0.1) is 0 Å². The lowest BCUT2D eigenvalue weighted by molar-refractivity contribution is 0.660. The molecule has 0 aliphatic heterocycles. The summed E-state index contributed by atoms with van der Waals surface area (Å²) in [6.45, 7) is 1.63. The molecule has 3 rings (SSSR count). The molecule has 88 valence electrons. The van der Waals surface area contributed by atoms with Gasteiger partial charge >= 0.3 is 0 Å². The number of nitrogens with zero attached hydrogens (tertiary/aromatic N) is 2. The molecule has 1 aliphatic carbocycles. The maximum atomic E-state index is 4.09. The number of nitrogens with one attached hydrogen (secondary N) is 2. The van der Waals surface area contributed by atoms with Gasteiger partial charge in [-0.1, -0.05) is 24.3 Å². The fraction of sp³-hybridized carbons (Fsp3) is 0.385. The molecule has 4 nitrogen and oxygen atoms in total. The van der Waals surface area contributed by atoms with E-state index >= 15 is 0 Å². The second kappa shape index (κ2) is 4.67. The van der Waals surface area contributed by atoms with E-state index in [4.69, 9.17) is 0 Å². The highest BCUT2D eigenvalue weighted by Crippen LogP contribution is 2.41. The predicted octanol–water partition coefficient (Wildman–Crippen LogP) is 1.97. The van der Waals surface area contributed by atoms with Gasteiger partial charge < -0.3 is 5.32 Å². The van der Waals surface area contributed by atoms with E-state index in [-0.39, 0.29) is 0 Å². The molecule has 0 spiro atoms. The van der Waals surface area contributed by atoms with E-state index < -0.39 is 0 Å². The van der Waals surface area contributed by atoms with Crippen LogP contribution in [0.1, 0.15) is 35.7 Å². The van der Waals surface area contributed by atoms with Crippen LogP contribution in [0.4, 0.5) is 0 Å². The third kappa shape index (κ3) is 2.53. The first kappa shape index (κ1) is 10.5. The maximum Gasteiger partial charge on any atom is 0.138 e. The minimum Gasteiger partial charge on any atom is -0.306 e. The molecule has 0 amide bonds. The van der Waals surface area contributed by atoms with Crippen LogP contribution in [-0.4, -0.2) is 15.2 Å². The Morgan fingerprint density at radius 2 is 2.12 bits per heavy atom. The zero-order valence-electron chi connectivity index (χ0n) is 9.69. The fourth-order valence-electron chi connectivity index (χ4n) is 2.12. The summed E-state index contributed by atoms with van der Waals surface area (Å²) in [6, 6.07) is 8.70. The molecular formula is C13H16N4. The Morgan fingerprint density at radius 3 is 2.88 bits per heavy atom. The molecule has 1 aliphatic rings. The highest BCUT2D eigenvalue weighted by atomic mass is 15.2. The summed E-state index contributed by atoms with van der Waals surface area (Å²) in [5.41, 5.74) is 2.92. The maximum absolute atomic E-state index is 4.09. The van der Waals surface area contributed by atoms with Gasteiger partial charge in [0.25, 0.3) is 0 Å². The molecule has 1 aromatic heterocycles. The minimum absolute atomic E-state index is 0.735. The van der Waals surface area contributed by atoms with Gasteiger partial charge in [-0.25, -0.2) is 4.98 Å². The summed E-state index contributed by atoms with van der Waals surface area (Å²) < 4.78 is 0. The largest absolute Gasteiger partial charge is 0.306 e. The Morgan fingerprint density at radius 1 is 1.24 bits per heavy atom. The summed E-state index contributed by atoms with van der Waals surface area (Å²) in [4.78, 5) is 4.09. The molecule has 0 saturated heterocycles. The Hall–Kier alpha value is -1.68. The van der Waals surface area contributed by atoms with Gasteiger partial charge in [-0.3, -0.25) is 5.10 Å². The number of rotatable bonds is 5. The monoisotopic (exact) mass is 228 g/mol. The summed E-state index contributed by atoms with van der Waals surface area (Å²) in [7, 11) is 0. The van der Waals surface area contributed by atoms with Crippen LogP contribution in [-0.2, 0) is 13.1 Å². The van der Waals surface area contributed by atoms with Gasteiger partial charge in [-0.2, -0.15) is 5.10 Å². The molecule has 0 radical (unpaired) electrons. The Labute approximate surface area is 100 Å². The molecule has 1 fully saturated rings. The van der Waals surface area contributed by atoms with Crippen molar-refractivity contribution in [3.05, 3.63) is 47.5 Å². The second-order valence-corrected chi connectivity index (χ2v) is 4.51. The van der Waals surface area contributed by atoms with Gasteiger partial charge in [0.2, 0.25) is 0 Å². The van der Waals surface area contributed by atoms with Gasteiger partial charge in [0, 0.05) is 6.54 Å². The summed E-state index contributed by atoms with van der Waals surface area (Å²) in [5.74, 6) is 1.69. The van der Waals surface area contributed by atoms with Crippen molar-refractivity contribution in [2.75, 3.05) is 0 Å². The summed E-state index contributed by atoms with van der Waals surface area (Å²) in [6.07, 6.45) is 4.23. The Bertz CT molecular complexity index is 474. The van der Waals surface area contributed by atoms with Gasteiger partial charge in [-0.15, -0.1) is 0 Å². The molecule has 1 heterocycles. The number of benzene rings is 1. The number of aromatic amines is 1. The van der Waals surface area contributed by atoms with Crippen molar-refractivity contribution in [2.45, 2.75) is 31.8 Å². The first-order valence-corrected chi connectivity index (χ1v) is 6.06. The lowest BCUT2D eigenvalue weighted by atomic mass is 10.0. The molecule has 0 atom stereocenters. The highest BCUT2D eigenvalue weighted by molar-refractivity contribution is 5.33. The van der Waals surface area contributed by atoms with Gasteiger partial charge in [0.1, 0.15) is 12.2 Å². The number of H-pyrrole nitrogens is 1. The molecule has 0 unspecified atom stereocenters. The normalized spacial score (nSPS) is 15.1. The van der Waals surface area contributed by atoms with Crippen molar-refractivity contribution in [1.82, 2.24) is 20.5 Å². The van der Waals surface area contributed by atoms with Gasteiger partial charge in [-0.05, 0) is 29.9 Å². The number of hydrogen-bond acceptors (Lipinski definition) is 3. The molecular weight excluding hydrogens is 212 g/mol. The van der Waals surface area contributed by atoms with Crippen molar-refractivity contribution in [1.29, 1.82) is 0 Å². The summed E-state index contributed by atoms with van der Waals surface area (Å²) >= 11 is 0. The summed E-state index contributed by atoms with van der Waals surface area (Å²) in [5, 5.41) is 10.1. The predicted molar refractivity (Wildman–Crippen MR) is 65.3 cm³/mol. The number of hydrogen-bond donors (Lipinski definition) is 2. The topological polar surface area (TPSA) is 53.6 Å². The zero-order valence-corrected chi connectivity index (χ0v) is 9.69. The van der Waals surface area contributed by atoms with E-state index in [1.54, 1.807) is 0 Å². The average molecular weight is 228 g/mol. The van der Waals surface area contributed by atoms with E-state index in [0.29, 0.717) is 0 Å². The smallest absolute Gasteiger partial charge is 0.138 e. The number of aromatic nitrogens is 3. The van der Waals surface area contributed by atoms with Crippen molar-refractivity contribution in [3.63, 3.8) is 0 Å². The fourth-order valence-corrected chi connectivity index (χ4v) is 2.12. The Kier molecular flexibility index (Phi) is 2.88. The van der Waals surface area contributed by atoms with Crippen LogP contribution in [0.3, 0.4) is 0 Å². The van der Waals surface area contributed by atoms with E-state index in [1.165, 1.54) is 30.3 Å². The average Bonchev–Trinajstić information content (AvgIpc) is 3.08. The highest BCUT2D eigenvalue weighted by Gasteiger charge is 2.25. The third-order valence-corrected chi connectivity index (χ3v) is 3.15.